The Labute approximate surface area is 168 Å². The molecule has 1 fully saturated rings. The van der Waals surface area contributed by atoms with E-state index in [1.165, 1.54) is 6.07 Å². The second-order valence-corrected chi connectivity index (χ2v) is 6.96. The number of piperazine rings is 1. The van der Waals surface area contributed by atoms with Gasteiger partial charge >= 0.3 is 0 Å². The van der Waals surface area contributed by atoms with E-state index >= 15 is 0 Å². The molecular formula is C21H23N5O3. The molecule has 0 aliphatic carbocycles. The third-order valence-corrected chi connectivity index (χ3v) is 5.00. The number of para-hydroxylation sites is 1. The number of fused-ring (bicyclic) bond motifs is 1. The van der Waals surface area contributed by atoms with Gasteiger partial charge in [-0.2, -0.15) is 0 Å². The summed E-state index contributed by atoms with van der Waals surface area (Å²) in [6, 6.07) is 9.99. The molecule has 1 aliphatic heterocycles. The van der Waals surface area contributed by atoms with Crippen LogP contribution in [0.25, 0.3) is 11.0 Å². The van der Waals surface area contributed by atoms with Gasteiger partial charge in [0, 0.05) is 51.2 Å². The number of benzene rings is 1. The van der Waals surface area contributed by atoms with Crippen molar-refractivity contribution in [3.8, 4) is 0 Å². The fourth-order valence-corrected chi connectivity index (χ4v) is 3.43. The Morgan fingerprint density at radius 3 is 2.62 bits per heavy atom. The predicted molar refractivity (Wildman–Crippen MR) is 110 cm³/mol. The molecule has 4 rings (SSSR count). The minimum atomic E-state index is -0.362. The lowest BCUT2D eigenvalue weighted by Gasteiger charge is -2.34. The maximum Gasteiger partial charge on any atom is 0.287 e. The Hall–Kier alpha value is -3.26. The van der Waals surface area contributed by atoms with Gasteiger partial charge in [-0.1, -0.05) is 12.1 Å². The van der Waals surface area contributed by atoms with Crippen LogP contribution in [0.1, 0.15) is 17.0 Å². The topological polar surface area (TPSA) is 91.6 Å². The fourth-order valence-electron chi connectivity index (χ4n) is 3.43. The second kappa shape index (κ2) is 8.83. The molecular weight excluding hydrogens is 370 g/mol. The van der Waals surface area contributed by atoms with Gasteiger partial charge in [0.2, 0.25) is 5.95 Å². The Bertz CT molecular complexity index is 1030. The monoisotopic (exact) mass is 393 g/mol. The number of hydrogen-bond donors (Lipinski definition) is 1. The zero-order valence-corrected chi connectivity index (χ0v) is 16.1. The zero-order chi connectivity index (χ0) is 20.1. The molecule has 150 valence electrons. The van der Waals surface area contributed by atoms with E-state index in [-0.39, 0.29) is 17.1 Å². The van der Waals surface area contributed by atoms with Gasteiger partial charge in [-0.05, 0) is 31.2 Å². The summed E-state index contributed by atoms with van der Waals surface area (Å²) in [5, 5.41) is 3.31. The smallest absolute Gasteiger partial charge is 0.287 e. The van der Waals surface area contributed by atoms with Crippen molar-refractivity contribution in [3.05, 3.63) is 64.8 Å². The molecule has 0 bridgehead atoms. The van der Waals surface area contributed by atoms with E-state index in [1.807, 2.05) is 6.07 Å². The van der Waals surface area contributed by atoms with E-state index in [0.717, 1.165) is 45.1 Å². The van der Waals surface area contributed by atoms with Crippen LogP contribution in [0, 0.1) is 0 Å². The predicted octanol–water partition coefficient (Wildman–Crippen LogP) is 1.53. The molecule has 1 aromatic carbocycles. The van der Waals surface area contributed by atoms with Crippen molar-refractivity contribution < 1.29 is 9.21 Å². The van der Waals surface area contributed by atoms with E-state index in [4.69, 9.17) is 4.42 Å². The van der Waals surface area contributed by atoms with Crippen molar-refractivity contribution in [1.82, 2.24) is 20.2 Å². The van der Waals surface area contributed by atoms with E-state index in [9.17, 15) is 9.59 Å². The fraction of sp³-hybridized carbons (Fsp3) is 0.333. The third-order valence-electron chi connectivity index (χ3n) is 5.00. The van der Waals surface area contributed by atoms with E-state index in [2.05, 4.69) is 25.1 Å². The highest BCUT2D eigenvalue weighted by Crippen LogP contribution is 2.12. The van der Waals surface area contributed by atoms with E-state index < -0.39 is 0 Å². The number of aromatic nitrogens is 2. The summed E-state index contributed by atoms with van der Waals surface area (Å²) in [6.45, 7) is 5.07. The Morgan fingerprint density at radius 2 is 1.83 bits per heavy atom. The number of nitrogens with one attached hydrogen (secondary N) is 1. The van der Waals surface area contributed by atoms with Crippen molar-refractivity contribution in [2.45, 2.75) is 6.42 Å². The van der Waals surface area contributed by atoms with E-state index in [0.29, 0.717) is 17.5 Å². The molecule has 0 atom stereocenters. The molecule has 3 aromatic rings. The summed E-state index contributed by atoms with van der Waals surface area (Å²) in [7, 11) is 0. The van der Waals surface area contributed by atoms with Gasteiger partial charge in [0.25, 0.3) is 5.91 Å². The molecule has 0 saturated carbocycles. The van der Waals surface area contributed by atoms with Crippen molar-refractivity contribution >= 4 is 22.8 Å². The maximum absolute atomic E-state index is 12.3. The highest BCUT2D eigenvalue weighted by molar-refractivity contribution is 5.93. The van der Waals surface area contributed by atoms with Gasteiger partial charge in [-0.3, -0.25) is 14.5 Å². The number of nitrogens with zero attached hydrogens (tertiary/aromatic N) is 4. The van der Waals surface area contributed by atoms with Crippen LogP contribution in [0.4, 0.5) is 5.95 Å². The number of amides is 1. The number of carbonyl (C=O) groups is 1. The lowest BCUT2D eigenvalue weighted by atomic mass is 10.2. The van der Waals surface area contributed by atoms with Gasteiger partial charge < -0.3 is 14.6 Å². The summed E-state index contributed by atoms with van der Waals surface area (Å²) in [6.07, 6.45) is 4.34. The van der Waals surface area contributed by atoms with Gasteiger partial charge in [0.1, 0.15) is 5.58 Å². The molecule has 8 heteroatoms. The standard InChI is InChI=1S/C21H23N5O3/c27-17-15-19(29-18-6-2-1-5-16(17)18)20(28)22-9-4-10-25-11-13-26(14-12-25)21-23-7-3-8-24-21/h1-3,5-8,15H,4,9-14H2,(H,22,28). The van der Waals surface area contributed by atoms with Crippen LogP contribution < -0.4 is 15.6 Å². The molecule has 1 N–H and O–H groups in total. The van der Waals surface area contributed by atoms with Crippen LogP contribution in [0.2, 0.25) is 0 Å². The molecule has 1 amide bonds. The van der Waals surface area contributed by atoms with Crippen molar-refractivity contribution in [2.24, 2.45) is 0 Å². The second-order valence-electron chi connectivity index (χ2n) is 6.96. The average Bonchev–Trinajstić information content (AvgIpc) is 2.77. The van der Waals surface area contributed by atoms with Crippen LogP contribution in [-0.4, -0.2) is 60.0 Å². The summed E-state index contributed by atoms with van der Waals surface area (Å²) < 4.78 is 5.57. The number of carbonyl (C=O) groups excluding carboxylic acids is 1. The lowest BCUT2D eigenvalue weighted by molar-refractivity contribution is 0.0924. The first-order valence-electron chi connectivity index (χ1n) is 9.76. The summed E-state index contributed by atoms with van der Waals surface area (Å²) >= 11 is 0. The molecule has 8 nitrogen and oxygen atoms in total. The van der Waals surface area contributed by atoms with Crippen LogP contribution in [-0.2, 0) is 0 Å². The van der Waals surface area contributed by atoms with Crippen LogP contribution >= 0.6 is 0 Å². The first-order valence-corrected chi connectivity index (χ1v) is 9.76. The van der Waals surface area contributed by atoms with Crippen molar-refractivity contribution in [3.63, 3.8) is 0 Å². The summed E-state index contributed by atoms with van der Waals surface area (Å²) in [5.41, 5.74) is 0.211. The molecule has 0 unspecified atom stereocenters. The molecule has 2 aromatic heterocycles. The molecule has 1 saturated heterocycles. The van der Waals surface area contributed by atoms with Crippen molar-refractivity contribution in [1.29, 1.82) is 0 Å². The molecule has 29 heavy (non-hydrogen) atoms. The highest BCUT2D eigenvalue weighted by Gasteiger charge is 2.18. The Balaban J connectivity index is 1.22. The normalized spacial score (nSPS) is 14.8. The minimum absolute atomic E-state index is 0.0465. The number of hydrogen-bond acceptors (Lipinski definition) is 7. The van der Waals surface area contributed by atoms with Crippen LogP contribution in [0.3, 0.4) is 0 Å². The Kier molecular flexibility index (Phi) is 5.81. The minimum Gasteiger partial charge on any atom is -0.451 e. The zero-order valence-electron chi connectivity index (χ0n) is 16.1. The Morgan fingerprint density at radius 1 is 1.07 bits per heavy atom. The number of rotatable bonds is 6. The first kappa shape index (κ1) is 19.1. The summed E-state index contributed by atoms with van der Waals surface area (Å²) in [5.74, 6) is 0.459. The van der Waals surface area contributed by atoms with Gasteiger partial charge in [0.15, 0.2) is 11.2 Å². The SMILES string of the molecule is O=C(NCCCN1CCN(c2ncccn2)CC1)c1cc(=O)c2ccccc2o1. The van der Waals surface area contributed by atoms with Gasteiger partial charge in [0.05, 0.1) is 5.39 Å². The lowest BCUT2D eigenvalue weighted by Crippen LogP contribution is -2.47. The van der Waals surface area contributed by atoms with Crippen molar-refractivity contribution in [2.75, 3.05) is 44.2 Å². The molecule has 3 heterocycles. The van der Waals surface area contributed by atoms with Crippen LogP contribution in [0.5, 0.6) is 0 Å². The molecule has 0 radical (unpaired) electrons. The third kappa shape index (κ3) is 4.60. The largest absolute Gasteiger partial charge is 0.451 e. The highest BCUT2D eigenvalue weighted by atomic mass is 16.3. The van der Waals surface area contributed by atoms with Gasteiger partial charge in [-0.15, -0.1) is 0 Å². The first-order chi connectivity index (χ1) is 14.2. The number of anilines is 1. The van der Waals surface area contributed by atoms with E-state index in [1.54, 1.807) is 36.7 Å². The quantitative estimate of drug-likeness (QED) is 0.635. The van der Waals surface area contributed by atoms with Gasteiger partial charge in [-0.25, -0.2) is 9.97 Å². The molecule has 0 spiro atoms. The maximum atomic E-state index is 12.3. The van der Waals surface area contributed by atoms with Crippen LogP contribution in [0.15, 0.2) is 58.0 Å². The summed E-state index contributed by atoms with van der Waals surface area (Å²) in [4.78, 5) is 37.6. The average molecular weight is 393 g/mol. The molecule has 1 aliphatic rings.